The highest BCUT2D eigenvalue weighted by atomic mass is 35.5. The van der Waals surface area contributed by atoms with E-state index in [1.165, 1.54) is 9.87 Å². The molecule has 1 N–H and O–H groups in total. The van der Waals surface area contributed by atoms with Gasteiger partial charge in [-0.25, -0.2) is 8.42 Å². The van der Waals surface area contributed by atoms with Gasteiger partial charge in [-0.1, -0.05) is 35.9 Å². The second-order valence-corrected chi connectivity index (χ2v) is 9.27. The van der Waals surface area contributed by atoms with Crippen molar-refractivity contribution in [3.05, 3.63) is 64.2 Å². The number of fused-ring (bicyclic) bond motifs is 1. The summed E-state index contributed by atoms with van der Waals surface area (Å²) in [4.78, 5) is 12.8. The molecule has 27 heavy (non-hydrogen) atoms. The van der Waals surface area contributed by atoms with Crippen LogP contribution < -0.4 is 5.32 Å². The molecule has 1 aliphatic carbocycles. The van der Waals surface area contributed by atoms with E-state index in [0.29, 0.717) is 10.6 Å². The van der Waals surface area contributed by atoms with E-state index >= 15 is 0 Å². The van der Waals surface area contributed by atoms with Crippen molar-refractivity contribution >= 4 is 27.5 Å². The summed E-state index contributed by atoms with van der Waals surface area (Å²) in [5.41, 5.74) is 2.82. The second kappa shape index (κ2) is 7.26. The van der Waals surface area contributed by atoms with Crippen LogP contribution in [0.1, 0.15) is 35.6 Å². The van der Waals surface area contributed by atoms with Gasteiger partial charge in [-0.15, -0.1) is 0 Å². The zero-order valence-corrected chi connectivity index (χ0v) is 16.4. The van der Waals surface area contributed by atoms with E-state index in [1.807, 2.05) is 6.07 Å². The minimum Gasteiger partial charge on any atom is -0.353 e. The van der Waals surface area contributed by atoms with Crippen LogP contribution in [0, 0.1) is 0 Å². The highest BCUT2D eigenvalue weighted by Gasteiger charge is 2.40. The highest BCUT2D eigenvalue weighted by Crippen LogP contribution is 2.34. The third-order valence-electron chi connectivity index (χ3n) is 5.29. The van der Waals surface area contributed by atoms with Gasteiger partial charge in [0.2, 0.25) is 15.9 Å². The Morgan fingerprint density at radius 3 is 2.56 bits per heavy atom. The number of hydrogen-bond donors (Lipinski definition) is 1. The molecule has 1 amide bonds. The van der Waals surface area contributed by atoms with Crippen molar-refractivity contribution in [1.29, 1.82) is 0 Å². The fourth-order valence-electron chi connectivity index (χ4n) is 3.90. The highest BCUT2D eigenvalue weighted by molar-refractivity contribution is 7.89. The zero-order valence-electron chi connectivity index (χ0n) is 14.8. The molecule has 2 aliphatic rings. The lowest BCUT2D eigenvalue weighted by Gasteiger charge is -2.34. The van der Waals surface area contributed by atoms with Gasteiger partial charge >= 0.3 is 0 Å². The molecule has 1 heterocycles. The molecule has 1 unspecified atom stereocenters. The van der Waals surface area contributed by atoms with Crippen molar-refractivity contribution in [3.63, 3.8) is 0 Å². The van der Waals surface area contributed by atoms with Crippen molar-refractivity contribution in [1.82, 2.24) is 9.62 Å². The number of nitrogens with zero attached hydrogens (tertiary/aromatic N) is 1. The third kappa shape index (κ3) is 3.37. The lowest BCUT2D eigenvalue weighted by Crippen LogP contribution is -2.52. The summed E-state index contributed by atoms with van der Waals surface area (Å²) in [6.45, 7) is 0.491. The van der Waals surface area contributed by atoms with Gasteiger partial charge in [0.25, 0.3) is 0 Å². The van der Waals surface area contributed by atoms with Crippen molar-refractivity contribution in [3.8, 4) is 0 Å². The number of carbonyl (C=O) groups is 1. The van der Waals surface area contributed by atoms with E-state index in [9.17, 15) is 13.2 Å². The van der Waals surface area contributed by atoms with Gasteiger partial charge in [-0.05, 0) is 60.6 Å². The maximum atomic E-state index is 13.4. The largest absolute Gasteiger partial charge is 0.353 e. The Hall–Kier alpha value is -1.89. The molecule has 1 fully saturated rings. The number of amides is 1. The Bertz CT molecular complexity index is 990. The van der Waals surface area contributed by atoms with Crippen molar-refractivity contribution in [2.24, 2.45) is 0 Å². The van der Waals surface area contributed by atoms with E-state index in [2.05, 4.69) is 5.32 Å². The first-order chi connectivity index (χ1) is 13.0. The molecule has 5 nitrogen and oxygen atoms in total. The van der Waals surface area contributed by atoms with Crippen molar-refractivity contribution in [2.45, 2.75) is 36.6 Å². The lowest BCUT2D eigenvalue weighted by atomic mass is 9.92. The lowest BCUT2D eigenvalue weighted by molar-refractivity contribution is -0.126. The molecule has 0 saturated carbocycles. The third-order valence-corrected chi connectivity index (χ3v) is 7.50. The summed E-state index contributed by atoms with van der Waals surface area (Å²) in [6.07, 6.45) is 4.10. The average molecular weight is 405 g/mol. The minimum atomic E-state index is -3.83. The van der Waals surface area contributed by atoms with Gasteiger partial charge in [0.05, 0.1) is 4.90 Å². The molecule has 1 atom stereocenters. The van der Waals surface area contributed by atoms with Crippen LogP contribution in [0.15, 0.2) is 47.4 Å². The number of halogens is 1. The molecule has 142 valence electrons. The van der Waals surface area contributed by atoms with Gasteiger partial charge in [-0.2, -0.15) is 4.31 Å². The maximum Gasteiger partial charge on any atom is 0.244 e. The Morgan fingerprint density at radius 2 is 1.78 bits per heavy atom. The Labute approximate surface area is 164 Å². The predicted molar refractivity (Wildman–Crippen MR) is 104 cm³/mol. The number of carbonyl (C=O) groups excluding carboxylic acids is 1. The van der Waals surface area contributed by atoms with Gasteiger partial charge in [-0.3, -0.25) is 4.79 Å². The summed E-state index contributed by atoms with van der Waals surface area (Å²) >= 11 is 6.28. The Kier molecular flexibility index (Phi) is 4.97. The number of benzene rings is 2. The van der Waals surface area contributed by atoms with Crippen LogP contribution in [0.2, 0.25) is 5.02 Å². The van der Waals surface area contributed by atoms with E-state index in [4.69, 9.17) is 11.6 Å². The van der Waals surface area contributed by atoms with Gasteiger partial charge < -0.3 is 5.32 Å². The van der Waals surface area contributed by atoms with Gasteiger partial charge in [0.15, 0.2) is 0 Å². The van der Waals surface area contributed by atoms with Crippen LogP contribution in [0.25, 0.3) is 0 Å². The number of piperazine rings is 1. The van der Waals surface area contributed by atoms with Crippen molar-refractivity contribution < 1.29 is 13.2 Å². The number of sulfonamides is 1. The molecule has 2 aromatic rings. The standard InChI is InChI=1S/C20H21ClN2O3S/c21-18-8-4-3-7-17(18)19-20(24)22-11-12-23(19)27(25,26)16-10-9-14-5-1-2-6-15(14)13-16/h3-4,7-10,13,19H,1-2,5-6,11-12H2,(H,22,24). The van der Waals surface area contributed by atoms with Crippen LogP contribution in [0.4, 0.5) is 0 Å². The maximum absolute atomic E-state index is 13.4. The molecule has 0 spiro atoms. The van der Waals surface area contributed by atoms with E-state index in [-0.39, 0.29) is 23.9 Å². The first-order valence-electron chi connectivity index (χ1n) is 9.14. The van der Waals surface area contributed by atoms with Crippen LogP contribution >= 0.6 is 11.6 Å². The number of rotatable bonds is 3. The molecule has 1 saturated heterocycles. The fourth-order valence-corrected chi connectivity index (χ4v) is 5.76. The molecule has 0 radical (unpaired) electrons. The molecular formula is C20H21ClN2O3S. The molecular weight excluding hydrogens is 384 g/mol. The average Bonchev–Trinajstić information content (AvgIpc) is 2.68. The topological polar surface area (TPSA) is 66.5 Å². The van der Waals surface area contributed by atoms with Crippen LogP contribution in [-0.4, -0.2) is 31.7 Å². The number of hydrogen-bond acceptors (Lipinski definition) is 3. The first-order valence-corrected chi connectivity index (χ1v) is 11.0. The molecule has 4 rings (SSSR count). The molecule has 7 heteroatoms. The summed E-state index contributed by atoms with van der Waals surface area (Å²) in [7, 11) is -3.83. The summed E-state index contributed by atoms with van der Waals surface area (Å²) in [6, 6.07) is 11.3. The summed E-state index contributed by atoms with van der Waals surface area (Å²) < 4.78 is 28.1. The molecule has 2 aromatic carbocycles. The van der Waals surface area contributed by atoms with Gasteiger partial charge in [0.1, 0.15) is 6.04 Å². The van der Waals surface area contributed by atoms with E-state index < -0.39 is 16.1 Å². The van der Waals surface area contributed by atoms with Crippen LogP contribution in [-0.2, 0) is 27.7 Å². The van der Waals surface area contributed by atoms with Gasteiger partial charge in [0, 0.05) is 18.1 Å². The minimum absolute atomic E-state index is 0.209. The van der Waals surface area contributed by atoms with Crippen molar-refractivity contribution in [2.75, 3.05) is 13.1 Å². The predicted octanol–water partition coefficient (Wildman–Crippen LogP) is 3.08. The fraction of sp³-hybridized carbons (Fsp3) is 0.350. The quantitative estimate of drug-likeness (QED) is 0.854. The number of nitrogens with one attached hydrogen (secondary N) is 1. The summed E-state index contributed by atoms with van der Waals surface area (Å²) in [5, 5.41) is 3.14. The normalized spacial score (nSPS) is 20.8. The number of aryl methyl sites for hydroxylation is 2. The monoisotopic (exact) mass is 404 g/mol. The molecule has 0 aromatic heterocycles. The Morgan fingerprint density at radius 1 is 1.04 bits per heavy atom. The first kappa shape index (κ1) is 18.5. The molecule has 0 bridgehead atoms. The van der Waals surface area contributed by atoms with Crippen LogP contribution in [0.5, 0.6) is 0 Å². The molecule has 1 aliphatic heterocycles. The summed E-state index contributed by atoms with van der Waals surface area (Å²) in [5.74, 6) is -0.351. The van der Waals surface area contributed by atoms with Crippen LogP contribution in [0.3, 0.4) is 0 Å². The van der Waals surface area contributed by atoms with E-state index in [1.54, 1.807) is 36.4 Å². The smallest absolute Gasteiger partial charge is 0.244 e. The zero-order chi connectivity index (χ0) is 19.0. The Balaban J connectivity index is 1.77. The SMILES string of the molecule is O=C1NCCN(S(=O)(=O)c2ccc3c(c2)CCCC3)C1c1ccccc1Cl. The second-order valence-electron chi connectivity index (χ2n) is 6.97. The van der Waals surface area contributed by atoms with E-state index in [0.717, 1.165) is 31.2 Å².